The summed E-state index contributed by atoms with van der Waals surface area (Å²) < 4.78 is 19.1. The number of likely N-dealkylation sites (tertiary alicyclic amines) is 1. The number of rotatable bonds is 7. The van der Waals surface area contributed by atoms with Gasteiger partial charge in [0.1, 0.15) is 5.76 Å². The molecule has 158 valence electrons. The predicted molar refractivity (Wildman–Crippen MR) is 109 cm³/mol. The zero-order valence-corrected chi connectivity index (χ0v) is 17.1. The molecule has 1 aromatic carbocycles. The van der Waals surface area contributed by atoms with Crippen LogP contribution >= 0.6 is 0 Å². The molecule has 30 heavy (non-hydrogen) atoms. The van der Waals surface area contributed by atoms with Crippen molar-refractivity contribution in [2.24, 2.45) is 0 Å². The fourth-order valence-corrected chi connectivity index (χ4v) is 3.52. The Hall–Kier alpha value is -3.26. The molecule has 1 fully saturated rings. The Kier molecular flexibility index (Phi) is 6.47. The van der Waals surface area contributed by atoms with Gasteiger partial charge in [0, 0.05) is 24.5 Å². The molecule has 0 saturated carbocycles. The van der Waals surface area contributed by atoms with E-state index < -0.39 is 29.3 Å². The maximum Gasteiger partial charge on any atom is 0.295 e. The van der Waals surface area contributed by atoms with Gasteiger partial charge in [-0.2, -0.15) is 0 Å². The Morgan fingerprint density at radius 1 is 1.30 bits per heavy atom. The molecule has 1 aromatic heterocycles. The Balaban J connectivity index is 2.08. The van der Waals surface area contributed by atoms with Crippen LogP contribution in [-0.2, 0) is 9.59 Å². The van der Waals surface area contributed by atoms with Crippen LogP contribution in [-0.4, -0.2) is 65.9 Å². The summed E-state index contributed by atoms with van der Waals surface area (Å²) in [5, 5.41) is 10.9. The number of carbonyl (C=O) groups is 2. The predicted octanol–water partition coefficient (Wildman–Crippen LogP) is 2.60. The van der Waals surface area contributed by atoms with Crippen molar-refractivity contribution in [1.29, 1.82) is 0 Å². The number of aliphatic hydroxyl groups is 1. The van der Waals surface area contributed by atoms with Crippen molar-refractivity contribution in [3.05, 3.63) is 65.2 Å². The van der Waals surface area contributed by atoms with E-state index in [-0.39, 0.29) is 16.9 Å². The van der Waals surface area contributed by atoms with E-state index in [2.05, 4.69) is 4.98 Å². The molecular weight excluding hydrogens is 389 g/mol. The van der Waals surface area contributed by atoms with E-state index in [0.717, 1.165) is 12.6 Å². The lowest BCUT2D eigenvalue weighted by Crippen LogP contribution is -2.32. The van der Waals surface area contributed by atoms with Crippen molar-refractivity contribution in [2.45, 2.75) is 12.5 Å². The Morgan fingerprint density at radius 2 is 2.07 bits per heavy atom. The van der Waals surface area contributed by atoms with Gasteiger partial charge in [-0.05, 0) is 56.9 Å². The van der Waals surface area contributed by atoms with E-state index in [1.54, 1.807) is 24.5 Å². The highest BCUT2D eigenvalue weighted by Crippen LogP contribution is 2.39. The monoisotopic (exact) mass is 413 g/mol. The zero-order valence-electron chi connectivity index (χ0n) is 17.1. The number of hydrogen-bond donors (Lipinski definition) is 1. The minimum atomic E-state index is -0.803. The molecular formula is C22H24FN3O4. The SMILES string of the molecule is COc1ccc(C(O)=C2C(=O)C(=O)N(CCCN(C)C)C2c2cccnc2)cc1F. The number of nitrogens with zero attached hydrogens (tertiary/aromatic N) is 3. The van der Waals surface area contributed by atoms with Crippen LogP contribution in [0.25, 0.3) is 5.76 Å². The van der Waals surface area contributed by atoms with Crippen molar-refractivity contribution in [2.75, 3.05) is 34.3 Å². The number of amides is 1. The number of ketones is 1. The molecule has 1 unspecified atom stereocenters. The number of benzene rings is 1. The molecule has 2 aromatic rings. The van der Waals surface area contributed by atoms with Crippen LogP contribution in [0.5, 0.6) is 5.75 Å². The molecule has 1 N–H and O–H groups in total. The molecule has 2 heterocycles. The average Bonchev–Trinajstić information content (AvgIpc) is 2.98. The van der Waals surface area contributed by atoms with Crippen molar-refractivity contribution < 1.29 is 23.8 Å². The van der Waals surface area contributed by atoms with Crippen LogP contribution in [0.3, 0.4) is 0 Å². The third kappa shape index (κ3) is 4.18. The molecule has 1 amide bonds. The van der Waals surface area contributed by atoms with Crippen LogP contribution in [0.2, 0.25) is 0 Å². The smallest absolute Gasteiger partial charge is 0.295 e. The van der Waals surface area contributed by atoms with Crippen molar-refractivity contribution in [3.63, 3.8) is 0 Å². The molecule has 1 atom stereocenters. The van der Waals surface area contributed by atoms with Crippen molar-refractivity contribution in [3.8, 4) is 5.75 Å². The first kappa shape index (κ1) is 21.4. The van der Waals surface area contributed by atoms with E-state index in [9.17, 15) is 19.1 Å². The van der Waals surface area contributed by atoms with Gasteiger partial charge in [-0.1, -0.05) is 6.07 Å². The summed E-state index contributed by atoms with van der Waals surface area (Å²) >= 11 is 0. The molecule has 1 aliphatic heterocycles. The van der Waals surface area contributed by atoms with E-state index in [1.807, 2.05) is 19.0 Å². The maximum atomic E-state index is 14.2. The van der Waals surface area contributed by atoms with Gasteiger partial charge in [-0.15, -0.1) is 0 Å². The minimum Gasteiger partial charge on any atom is -0.507 e. The third-order valence-electron chi connectivity index (χ3n) is 4.97. The lowest BCUT2D eigenvalue weighted by molar-refractivity contribution is -0.139. The van der Waals surface area contributed by atoms with Crippen molar-refractivity contribution in [1.82, 2.24) is 14.8 Å². The van der Waals surface area contributed by atoms with Crippen LogP contribution in [0.15, 0.2) is 48.3 Å². The molecule has 0 bridgehead atoms. The lowest BCUT2D eigenvalue weighted by atomic mass is 9.96. The van der Waals surface area contributed by atoms with Crippen LogP contribution in [0, 0.1) is 5.82 Å². The van der Waals surface area contributed by atoms with Crippen molar-refractivity contribution >= 4 is 17.4 Å². The summed E-state index contributed by atoms with van der Waals surface area (Å²) in [6.07, 6.45) is 3.78. The van der Waals surface area contributed by atoms with E-state index in [0.29, 0.717) is 18.5 Å². The summed E-state index contributed by atoms with van der Waals surface area (Å²) in [6.45, 7) is 1.06. The van der Waals surface area contributed by atoms with Gasteiger partial charge in [0.2, 0.25) is 0 Å². The number of aliphatic hydroxyl groups excluding tert-OH is 1. The first-order valence-corrected chi connectivity index (χ1v) is 9.52. The summed E-state index contributed by atoms with van der Waals surface area (Å²) in [6, 6.07) is 6.51. The molecule has 0 spiro atoms. The van der Waals surface area contributed by atoms with E-state index >= 15 is 0 Å². The van der Waals surface area contributed by atoms with Gasteiger partial charge in [-0.25, -0.2) is 4.39 Å². The average molecular weight is 413 g/mol. The number of pyridine rings is 1. The molecule has 8 heteroatoms. The summed E-state index contributed by atoms with van der Waals surface area (Å²) in [5.41, 5.74) is 0.605. The molecule has 0 aliphatic carbocycles. The Labute approximate surface area is 174 Å². The maximum absolute atomic E-state index is 14.2. The van der Waals surface area contributed by atoms with Crippen LogP contribution in [0.4, 0.5) is 4.39 Å². The number of aromatic nitrogens is 1. The number of halogens is 1. The second kappa shape index (κ2) is 9.04. The highest BCUT2D eigenvalue weighted by molar-refractivity contribution is 6.46. The summed E-state index contributed by atoms with van der Waals surface area (Å²) in [5.74, 6) is -2.60. The number of ether oxygens (including phenoxy) is 1. The van der Waals surface area contributed by atoms with Gasteiger partial charge in [-0.3, -0.25) is 14.6 Å². The second-order valence-corrected chi connectivity index (χ2v) is 7.29. The topological polar surface area (TPSA) is 83.0 Å². The van der Waals surface area contributed by atoms with E-state index in [1.165, 1.54) is 24.1 Å². The van der Waals surface area contributed by atoms with E-state index in [4.69, 9.17) is 4.74 Å². The molecule has 7 nitrogen and oxygen atoms in total. The fraction of sp³-hybridized carbons (Fsp3) is 0.318. The van der Waals surface area contributed by atoms with Crippen LogP contribution in [0.1, 0.15) is 23.6 Å². The largest absolute Gasteiger partial charge is 0.507 e. The first-order chi connectivity index (χ1) is 14.3. The fourth-order valence-electron chi connectivity index (χ4n) is 3.52. The normalized spacial score (nSPS) is 18.3. The highest BCUT2D eigenvalue weighted by Gasteiger charge is 2.45. The lowest BCUT2D eigenvalue weighted by Gasteiger charge is -2.25. The standard InChI is InChI=1S/C22H24FN3O4/c1-25(2)10-5-11-26-19(15-6-4-9-24-13-15)18(21(28)22(26)29)20(27)14-7-8-17(30-3)16(23)12-14/h4,6-9,12-13,19,27H,5,10-11H2,1-3H3. The number of Topliss-reactive ketones (excluding diaryl/α,β-unsaturated/α-hetero) is 1. The first-order valence-electron chi connectivity index (χ1n) is 9.52. The quantitative estimate of drug-likeness (QED) is 0.427. The number of methoxy groups -OCH3 is 1. The highest BCUT2D eigenvalue weighted by atomic mass is 19.1. The molecule has 0 radical (unpaired) electrons. The molecule has 1 saturated heterocycles. The zero-order chi connectivity index (χ0) is 21.8. The molecule has 1 aliphatic rings. The van der Waals surface area contributed by atoms with Gasteiger partial charge in [0.05, 0.1) is 18.7 Å². The number of carbonyl (C=O) groups excluding carboxylic acids is 2. The minimum absolute atomic E-state index is 0.0134. The Bertz CT molecular complexity index is 976. The van der Waals surface area contributed by atoms with Gasteiger partial charge in [0.15, 0.2) is 11.6 Å². The molecule has 3 rings (SSSR count). The van der Waals surface area contributed by atoms with Gasteiger partial charge < -0.3 is 19.6 Å². The number of hydrogen-bond acceptors (Lipinski definition) is 6. The van der Waals surface area contributed by atoms with Gasteiger partial charge in [0.25, 0.3) is 11.7 Å². The second-order valence-electron chi connectivity index (χ2n) is 7.29. The summed E-state index contributed by atoms with van der Waals surface area (Å²) in [7, 11) is 5.18. The summed E-state index contributed by atoms with van der Waals surface area (Å²) in [4.78, 5) is 33.2. The third-order valence-corrected chi connectivity index (χ3v) is 4.97. The van der Waals surface area contributed by atoms with Crippen LogP contribution < -0.4 is 4.74 Å². The van der Waals surface area contributed by atoms with Gasteiger partial charge >= 0.3 is 0 Å². The Morgan fingerprint density at radius 3 is 2.67 bits per heavy atom.